The second kappa shape index (κ2) is 9.00. The molecule has 30 heavy (non-hydrogen) atoms. The predicted octanol–water partition coefficient (Wildman–Crippen LogP) is 5.66. The van der Waals surface area contributed by atoms with Crippen LogP contribution >= 0.6 is 11.8 Å². The molecule has 4 rings (SSSR count). The van der Waals surface area contributed by atoms with Gasteiger partial charge in [-0.05, 0) is 55.0 Å². The fourth-order valence-corrected chi connectivity index (χ4v) is 4.13. The molecule has 1 atom stereocenters. The van der Waals surface area contributed by atoms with Gasteiger partial charge in [0.05, 0.1) is 11.3 Å². The van der Waals surface area contributed by atoms with E-state index in [4.69, 9.17) is 0 Å². The molecule has 0 spiro atoms. The molecule has 1 unspecified atom stereocenters. The number of halogens is 1. The van der Waals surface area contributed by atoms with Gasteiger partial charge in [0.2, 0.25) is 5.91 Å². The maximum absolute atomic E-state index is 14.3. The molecule has 1 N–H and O–H groups in total. The van der Waals surface area contributed by atoms with Gasteiger partial charge in [-0.15, -0.1) is 10.2 Å². The lowest BCUT2D eigenvalue weighted by atomic mass is 9.99. The summed E-state index contributed by atoms with van der Waals surface area (Å²) in [6.45, 7) is 4.35. The minimum absolute atomic E-state index is 0.103. The molecule has 1 heterocycles. The van der Waals surface area contributed by atoms with E-state index in [9.17, 15) is 9.18 Å². The molecule has 0 radical (unpaired) electrons. The fraction of sp³-hybridized carbons (Fsp3) is 0.348. The second-order valence-electron chi connectivity index (χ2n) is 7.66. The summed E-state index contributed by atoms with van der Waals surface area (Å²) < 4.78 is 16.2. The van der Waals surface area contributed by atoms with Gasteiger partial charge in [0.15, 0.2) is 11.0 Å². The number of nitrogens with one attached hydrogen (secondary N) is 1. The van der Waals surface area contributed by atoms with Gasteiger partial charge in [0.25, 0.3) is 0 Å². The van der Waals surface area contributed by atoms with Crippen molar-refractivity contribution in [1.82, 2.24) is 14.8 Å². The van der Waals surface area contributed by atoms with E-state index >= 15 is 0 Å². The first-order valence-corrected chi connectivity index (χ1v) is 11.3. The fourth-order valence-electron chi connectivity index (χ4n) is 3.32. The Hall–Kier alpha value is -2.67. The van der Waals surface area contributed by atoms with Crippen molar-refractivity contribution < 1.29 is 9.18 Å². The zero-order valence-corrected chi connectivity index (χ0v) is 18.0. The van der Waals surface area contributed by atoms with Crippen molar-refractivity contribution in [2.24, 2.45) is 0 Å². The van der Waals surface area contributed by atoms with Gasteiger partial charge < -0.3 is 5.32 Å². The summed E-state index contributed by atoms with van der Waals surface area (Å²) in [5.41, 5.74) is 2.49. The maximum atomic E-state index is 14.3. The molecule has 156 valence electrons. The summed E-state index contributed by atoms with van der Waals surface area (Å²) in [7, 11) is 0. The van der Waals surface area contributed by atoms with E-state index in [1.165, 1.54) is 23.4 Å². The lowest BCUT2D eigenvalue weighted by Crippen LogP contribution is -2.14. The van der Waals surface area contributed by atoms with Gasteiger partial charge >= 0.3 is 0 Å². The Morgan fingerprint density at radius 2 is 1.93 bits per heavy atom. The Bertz CT molecular complexity index is 1030. The Morgan fingerprint density at radius 1 is 1.20 bits per heavy atom. The van der Waals surface area contributed by atoms with E-state index in [0.29, 0.717) is 22.5 Å². The third kappa shape index (κ3) is 4.56. The molecule has 0 saturated heterocycles. The number of amides is 1. The number of nitrogens with zero attached hydrogens (tertiary/aromatic N) is 3. The summed E-state index contributed by atoms with van der Waals surface area (Å²) >= 11 is 1.33. The molecule has 0 bridgehead atoms. The monoisotopic (exact) mass is 424 g/mol. The molecule has 1 fully saturated rings. The summed E-state index contributed by atoms with van der Waals surface area (Å²) in [5.74, 6) is 0.827. The number of anilines is 1. The van der Waals surface area contributed by atoms with Gasteiger partial charge in [-0.25, -0.2) is 4.39 Å². The van der Waals surface area contributed by atoms with Crippen LogP contribution in [-0.2, 0) is 4.79 Å². The summed E-state index contributed by atoms with van der Waals surface area (Å²) in [6.07, 6.45) is 3.11. The highest BCUT2D eigenvalue weighted by Crippen LogP contribution is 2.41. The van der Waals surface area contributed by atoms with Gasteiger partial charge in [0.1, 0.15) is 5.82 Å². The van der Waals surface area contributed by atoms with Crippen LogP contribution in [0.1, 0.15) is 50.6 Å². The lowest BCUT2D eigenvalue weighted by molar-refractivity contribution is -0.113. The van der Waals surface area contributed by atoms with Crippen molar-refractivity contribution in [2.45, 2.75) is 50.2 Å². The number of carbonyl (C=O) groups is 1. The van der Waals surface area contributed by atoms with E-state index in [-0.39, 0.29) is 23.5 Å². The van der Waals surface area contributed by atoms with E-state index in [1.54, 1.807) is 18.2 Å². The van der Waals surface area contributed by atoms with Crippen molar-refractivity contribution in [1.29, 1.82) is 0 Å². The highest BCUT2D eigenvalue weighted by Gasteiger charge is 2.31. The molecule has 5 nitrogen and oxygen atoms in total. The number of carbonyl (C=O) groups excluding carboxylic acids is 1. The highest BCUT2D eigenvalue weighted by atomic mass is 32.2. The van der Waals surface area contributed by atoms with Gasteiger partial charge in [-0.3, -0.25) is 9.36 Å². The van der Waals surface area contributed by atoms with Gasteiger partial charge in [-0.1, -0.05) is 49.9 Å². The molecule has 3 aromatic rings. The highest BCUT2D eigenvalue weighted by molar-refractivity contribution is 7.99. The van der Waals surface area contributed by atoms with E-state index in [2.05, 4.69) is 41.5 Å². The molecule has 1 aliphatic carbocycles. The van der Waals surface area contributed by atoms with Crippen LogP contribution in [0, 0.1) is 5.82 Å². The largest absolute Gasteiger partial charge is 0.325 e. The van der Waals surface area contributed by atoms with Crippen LogP contribution in [0.5, 0.6) is 0 Å². The quantitative estimate of drug-likeness (QED) is 0.474. The van der Waals surface area contributed by atoms with Crippen LogP contribution in [0.15, 0.2) is 53.7 Å². The van der Waals surface area contributed by atoms with Crippen molar-refractivity contribution in [2.75, 3.05) is 11.1 Å². The smallest absolute Gasteiger partial charge is 0.234 e. The third-order valence-corrected chi connectivity index (χ3v) is 6.34. The average Bonchev–Trinajstić information content (AvgIpc) is 3.52. The van der Waals surface area contributed by atoms with Crippen LogP contribution in [0.3, 0.4) is 0 Å². The third-order valence-electron chi connectivity index (χ3n) is 5.40. The Balaban J connectivity index is 1.43. The van der Waals surface area contributed by atoms with Crippen LogP contribution < -0.4 is 5.32 Å². The summed E-state index contributed by atoms with van der Waals surface area (Å²) in [4.78, 5) is 12.4. The molecular formula is C23H25FN4OS. The minimum Gasteiger partial charge on any atom is -0.325 e. The van der Waals surface area contributed by atoms with Crippen molar-refractivity contribution in [3.63, 3.8) is 0 Å². The maximum Gasteiger partial charge on any atom is 0.234 e. The Kier molecular flexibility index (Phi) is 6.18. The molecule has 2 aromatic carbocycles. The molecule has 1 aromatic heterocycles. The van der Waals surface area contributed by atoms with Gasteiger partial charge in [0, 0.05) is 11.7 Å². The molecule has 1 aliphatic rings. The topological polar surface area (TPSA) is 59.8 Å². The first kappa shape index (κ1) is 20.6. The van der Waals surface area contributed by atoms with E-state index in [0.717, 1.165) is 24.9 Å². The van der Waals surface area contributed by atoms with Crippen LogP contribution in [-0.4, -0.2) is 26.4 Å². The van der Waals surface area contributed by atoms with E-state index in [1.807, 2.05) is 16.7 Å². The summed E-state index contributed by atoms with van der Waals surface area (Å²) in [6, 6.07) is 14.8. The van der Waals surface area contributed by atoms with Crippen LogP contribution in [0.2, 0.25) is 0 Å². The van der Waals surface area contributed by atoms with Crippen molar-refractivity contribution in [3.05, 3.63) is 59.9 Å². The minimum atomic E-state index is -0.318. The Morgan fingerprint density at radius 3 is 2.60 bits per heavy atom. The number of benzene rings is 2. The lowest BCUT2D eigenvalue weighted by Gasteiger charge is -2.11. The SMILES string of the molecule is CCC(C)c1ccc(NC(=O)CSc2nnc(-c3ccccc3F)n2C2CC2)cc1. The molecule has 0 aliphatic heterocycles. The van der Waals surface area contributed by atoms with Crippen molar-refractivity contribution in [3.8, 4) is 11.4 Å². The summed E-state index contributed by atoms with van der Waals surface area (Å²) in [5, 5.41) is 12.1. The normalized spacial score (nSPS) is 14.5. The number of rotatable bonds is 8. The predicted molar refractivity (Wildman–Crippen MR) is 118 cm³/mol. The van der Waals surface area contributed by atoms with E-state index < -0.39 is 0 Å². The van der Waals surface area contributed by atoms with Crippen LogP contribution in [0.4, 0.5) is 10.1 Å². The van der Waals surface area contributed by atoms with Gasteiger partial charge in [-0.2, -0.15) is 0 Å². The number of hydrogen-bond acceptors (Lipinski definition) is 4. The van der Waals surface area contributed by atoms with Crippen LogP contribution in [0.25, 0.3) is 11.4 Å². The number of hydrogen-bond donors (Lipinski definition) is 1. The molecule has 1 amide bonds. The first-order chi connectivity index (χ1) is 14.6. The number of aromatic nitrogens is 3. The average molecular weight is 425 g/mol. The zero-order chi connectivity index (χ0) is 21.1. The molecular weight excluding hydrogens is 399 g/mol. The zero-order valence-electron chi connectivity index (χ0n) is 17.1. The van der Waals surface area contributed by atoms with Crippen molar-refractivity contribution >= 4 is 23.4 Å². The Labute approximate surface area is 180 Å². The second-order valence-corrected chi connectivity index (χ2v) is 8.60. The first-order valence-electron chi connectivity index (χ1n) is 10.3. The standard InChI is InChI=1S/C23H25FN4OS/c1-3-15(2)16-8-10-17(11-9-16)25-21(29)14-30-23-27-26-22(28(23)18-12-13-18)19-6-4-5-7-20(19)24/h4-11,15,18H,3,12-14H2,1-2H3,(H,25,29). The molecule has 1 saturated carbocycles. The number of thioether (sulfide) groups is 1. The molecule has 7 heteroatoms.